The summed E-state index contributed by atoms with van der Waals surface area (Å²) in [5.74, 6) is -11.6. The minimum absolute atomic E-state index is 0.00985. The molecule has 0 bridgehead atoms. The number of benzene rings is 1. The molecule has 1 aromatic rings. The normalized spacial score (nSPS) is 14.7. The Bertz CT molecular complexity index is 2340. The Morgan fingerprint density at radius 3 is 1.62 bits per heavy atom. The van der Waals surface area contributed by atoms with E-state index in [1.165, 1.54) is 18.7 Å². The number of nitrogens with zero attached hydrogens (tertiary/aromatic N) is 1. The number of amides is 11. The number of nitrogens with one attached hydrogen (secondary N) is 10. The molecular formula is C52H87N15O14S. The molecule has 11 amide bonds. The molecule has 0 heterocycles. The summed E-state index contributed by atoms with van der Waals surface area (Å²) in [6.45, 7) is 9.27. The van der Waals surface area contributed by atoms with Crippen molar-refractivity contribution in [3.63, 3.8) is 0 Å². The number of aliphatic imine (C=N–C) groups is 1. The number of carbonyl (C=O) groups excluding carboxylic acids is 11. The molecule has 0 aliphatic carbocycles. The monoisotopic (exact) mass is 1180 g/mol. The van der Waals surface area contributed by atoms with Crippen molar-refractivity contribution in [3.8, 4) is 0 Å². The Balaban J connectivity index is 3.25. The Labute approximate surface area is 482 Å². The van der Waals surface area contributed by atoms with E-state index in [2.05, 4.69) is 58.2 Å². The lowest BCUT2D eigenvalue weighted by Crippen LogP contribution is -2.60. The molecule has 0 saturated carbocycles. The van der Waals surface area contributed by atoms with Gasteiger partial charge >= 0.3 is 5.97 Å². The highest BCUT2D eigenvalue weighted by molar-refractivity contribution is 7.98. The third-order valence-corrected chi connectivity index (χ3v) is 13.2. The maximum absolute atomic E-state index is 14.2. The Hall–Kier alpha value is -7.60. The van der Waals surface area contributed by atoms with Crippen LogP contribution in [0.4, 0.5) is 0 Å². The molecule has 1 aromatic carbocycles. The van der Waals surface area contributed by atoms with Crippen LogP contribution in [0.5, 0.6) is 0 Å². The van der Waals surface area contributed by atoms with E-state index in [4.69, 9.17) is 22.9 Å². The fourth-order valence-corrected chi connectivity index (χ4v) is 8.14. The highest BCUT2D eigenvalue weighted by Gasteiger charge is 2.35. The summed E-state index contributed by atoms with van der Waals surface area (Å²) in [4.78, 5) is 162. The molecule has 0 aliphatic heterocycles. The Morgan fingerprint density at radius 1 is 0.585 bits per heavy atom. The molecule has 0 aliphatic rings. The van der Waals surface area contributed by atoms with E-state index in [1.807, 2.05) is 13.8 Å². The molecule has 10 atom stereocenters. The van der Waals surface area contributed by atoms with Crippen molar-refractivity contribution in [2.75, 3.05) is 38.2 Å². The van der Waals surface area contributed by atoms with Gasteiger partial charge in [0.15, 0.2) is 5.96 Å². The fraction of sp³-hybridized carbons (Fsp3) is 0.635. The molecule has 30 heteroatoms. The predicted octanol–water partition coefficient (Wildman–Crippen LogP) is -4.42. The lowest BCUT2D eigenvalue weighted by molar-refractivity contribution is -0.144. The zero-order valence-electron chi connectivity index (χ0n) is 48.0. The van der Waals surface area contributed by atoms with Crippen LogP contribution in [0.3, 0.4) is 0 Å². The molecule has 0 fully saturated rings. The van der Waals surface area contributed by atoms with Crippen LogP contribution in [0, 0.1) is 17.8 Å². The zero-order valence-corrected chi connectivity index (χ0v) is 48.8. The summed E-state index contributed by atoms with van der Waals surface area (Å²) < 4.78 is 0. The first-order valence-electron chi connectivity index (χ1n) is 27.0. The number of primary amides is 1. The zero-order chi connectivity index (χ0) is 62.2. The predicted molar refractivity (Wildman–Crippen MR) is 305 cm³/mol. The molecule has 0 saturated heterocycles. The van der Waals surface area contributed by atoms with Gasteiger partial charge in [-0.1, -0.05) is 78.3 Å². The van der Waals surface area contributed by atoms with Gasteiger partial charge in [-0.3, -0.25) is 57.7 Å². The number of aliphatic carboxylic acids is 1. The topological polar surface area (TPSA) is 482 Å². The second kappa shape index (κ2) is 38.2. The third kappa shape index (κ3) is 28.2. The van der Waals surface area contributed by atoms with Crippen molar-refractivity contribution in [2.45, 2.75) is 154 Å². The molecule has 460 valence electrons. The first kappa shape index (κ1) is 72.4. The molecule has 82 heavy (non-hydrogen) atoms. The number of aliphatic hydroxyl groups excluding tert-OH is 1. The van der Waals surface area contributed by atoms with Gasteiger partial charge in [0, 0.05) is 19.4 Å². The molecule has 20 N–H and O–H groups in total. The summed E-state index contributed by atoms with van der Waals surface area (Å²) in [5.41, 5.74) is 22.8. The Kier molecular flexibility index (Phi) is 33.7. The minimum atomic E-state index is -1.62. The van der Waals surface area contributed by atoms with E-state index < -0.39 is 163 Å². The van der Waals surface area contributed by atoms with Crippen molar-refractivity contribution in [3.05, 3.63) is 35.9 Å². The average Bonchev–Trinajstić information content (AvgIpc) is 3.42. The summed E-state index contributed by atoms with van der Waals surface area (Å²) in [7, 11) is 0. The summed E-state index contributed by atoms with van der Waals surface area (Å²) in [6, 6.07) is -3.14. The number of carboxylic acids is 1. The van der Waals surface area contributed by atoms with Gasteiger partial charge in [0.2, 0.25) is 65.0 Å². The van der Waals surface area contributed by atoms with Crippen LogP contribution in [0.2, 0.25) is 0 Å². The second-order valence-corrected chi connectivity index (χ2v) is 21.4. The van der Waals surface area contributed by atoms with Gasteiger partial charge in [-0.05, 0) is 74.4 Å². The number of carboxylic acid groups (broad SMARTS) is 1. The third-order valence-electron chi connectivity index (χ3n) is 12.5. The lowest BCUT2D eigenvalue weighted by Gasteiger charge is -2.28. The number of carbonyl (C=O) groups is 12. The largest absolute Gasteiger partial charge is 0.480 e. The quantitative estimate of drug-likeness (QED) is 0.0168. The van der Waals surface area contributed by atoms with Gasteiger partial charge < -0.3 is 86.3 Å². The Morgan fingerprint density at radius 2 is 1.10 bits per heavy atom. The summed E-state index contributed by atoms with van der Waals surface area (Å²) in [6.07, 6.45) is 1.49. The molecular weight excluding hydrogens is 1090 g/mol. The van der Waals surface area contributed by atoms with Crippen LogP contribution in [-0.2, 0) is 64.0 Å². The van der Waals surface area contributed by atoms with Gasteiger partial charge in [-0.25, -0.2) is 4.79 Å². The molecule has 0 spiro atoms. The second-order valence-electron chi connectivity index (χ2n) is 20.4. The summed E-state index contributed by atoms with van der Waals surface area (Å²) in [5, 5.41) is 44.5. The molecule has 0 aromatic heterocycles. The van der Waals surface area contributed by atoms with Gasteiger partial charge in [-0.2, -0.15) is 11.8 Å². The average molecular weight is 1180 g/mol. The van der Waals surface area contributed by atoms with E-state index in [0.717, 1.165) is 0 Å². The van der Waals surface area contributed by atoms with Crippen LogP contribution >= 0.6 is 11.8 Å². The maximum Gasteiger partial charge on any atom is 0.326 e. The van der Waals surface area contributed by atoms with Crippen molar-refractivity contribution >= 4 is 88.7 Å². The maximum atomic E-state index is 14.2. The molecule has 0 unspecified atom stereocenters. The SMILES string of the molecule is CC[C@H](C)[C@H](NC(=O)[C@@H](NC(=O)[C@H](CO)NC(=O)[C@H](CCSC)NC(=O)CNC(=O)CNC(=O)[C@H](CCC(N)=O)NC(=O)[C@H](CCCN=C(N)N)NC(=O)[C@H](Cc1ccccc1)NC(=O)[C@H](CC(C)C)NC(=O)[C@H](C)N)C(C)C)C(=O)O. The highest BCUT2D eigenvalue weighted by atomic mass is 32.2. The van der Waals surface area contributed by atoms with Crippen LogP contribution in [0.15, 0.2) is 35.3 Å². The van der Waals surface area contributed by atoms with Crippen LogP contribution < -0.4 is 76.1 Å². The van der Waals surface area contributed by atoms with E-state index >= 15 is 0 Å². The van der Waals surface area contributed by atoms with Crippen LogP contribution in [0.1, 0.15) is 99.0 Å². The number of aliphatic hydroxyl groups is 1. The molecule has 0 radical (unpaired) electrons. The van der Waals surface area contributed by atoms with Crippen molar-refractivity contribution in [1.82, 2.24) is 53.2 Å². The van der Waals surface area contributed by atoms with Gasteiger partial charge in [-0.15, -0.1) is 0 Å². The molecule has 29 nitrogen and oxygen atoms in total. The van der Waals surface area contributed by atoms with Crippen molar-refractivity contribution < 1.29 is 67.7 Å². The smallest absolute Gasteiger partial charge is 0.326 e. The number of nitrogens with two attached hydrogens (primary N) is 4. The fourth-order valence-electron chi connectivity index (χ4n) is 7.67. The standard InChI is InChI=1S/C52H87N15O14S/c1-9-29(6)42(51(80)81)67-50(79)41(28(4)5)66-49(78)37(26-68)65-46(75)34(19-21-82-8)60-40(71)25-58-39(70)24-59-44(73)33(17-18-38(54)69)62-45(74)32(16-13-20-57-52(55)56)61-48(77)36(23-31-14-11-10-12-15-31)64-47(76)35(22-27(2)3)63-43(72)30(7)53/h10-12,14-15,27-30,32-37,41-42,68H,9,13,16-26,53H2,1-8H3,(H2,54,69)(H,58,70)(H,59,73)(H,60,71)(H,61,77)(H,62,74)(H,63,72)(H,64,76)(H,65,75)(H,66,78)(H,67,79)(H,80,81)(H4,55,56,57)/t29-,30-,32-,33-,34-,35-,36-,37-,41-,42-/m0/s1. The van der Waals surface area contributed by atoms with E-state index in [0.29, 0.717) is 17.7 Å². The first-order chi connectivity index (χ1) is 38.5. The number of rotatable bonds is 39. The van der Waals surface area contributed by atoms with Crippen LogP contribution in [-0.4, -0.2) is 180 Å². The van der Waals surface area contributed by atoms with Crippen LogP contribution in [0.25, 0.3) is 0 Å². The van der Waals surface area contributed by atoms with E-state index in [9.17, 15) is 67.7 Å². The first-order valence-corrected chi connectivity index (χ1v) is 28.4. The number of hydrogen-bond donors (Lipinski definition) is 16. The minimum Gasteiger partial charge on any atom is -0.480 e. The number of guanidine groups is 1. The number of thioether (sulfide) groups is 1. The van der Waals surface area contributed by atoms with E-state index in [1.54, 1.807) is 64.3 Å². The highest BCUT2D eigenvalue weighted by Crippen LogP contribution is 2.13. The van der Waals surface area contributed by atoms with Gasteiger partial charge in [0.25, 0.3) is 0 Å². The van der Waals surface area contributed by atoms with Gasteiger partial charge in [0.1, 0.15) is 48.3 Å². The molecule has 1 rings (SSSR count). The van der Waals surface area contributed by atoms with E-state index in [-0.39, 0.29) is 56.9 Å². The van der Waals surface area contributed by atoms with Crippen molar-refractivity contribution in [1.29, 1.82) is 0 Å². The number of hydrogen-bond acceptors (Lipinski definition) is 16. The summed E-state index contributed by atoms with van der Waals surface area (Å²) >= 11 is 1.32. The van der Waals surface area contributed by atoms with Crippen molar-refractivity contribution in [2.24, 2.45) is 45.7 Å². The lowest BCUT2D eigenvalue weighted by atomic mass is 9.97. The van der Waals surface area contributed by atoms with Gasteiger partial charge in [0.05, 0.1) is 25.7 Å².